The summed E-state index contributed by atoms with van der Waals surface area (Å²) in [5.41, 5.74) is 1.69. The first-order valence-corrected chi connectivity index (χ1v) is 10.0. The van der Waals surface area contributed by atoms with Crippen molar-refractivity contribution in [2.75, 3.05) is 12.9 Å². The van der Waals surface area contributed by atoms with Gasteiger partial charge in [-0.15, -0.1) is 0 Å². The predicted octanol–water partition coefficient (Wildman–Crippen LogP) is 5.88. The fraction of sp³-hybridized carbons (Fsp3) is 0.318. The van der Waals surface area contributed by atoms with Gasteiger partial charge in [0.2, 0.25) is 0 Å². The van der Waals surface area contributed by atoms with Crippen LogP contribution in [0.5, 0.6) is 5.75 Å². The lowest BCUT2D eigenvalue weighted by Gasteiger charge is -2.12. The molecule has 2 rings (SSSR count). The van der Waals surface area contributed by atoms with Crippen LogP contribution in [0.25, 0.3) is 6.08 Å². The van der Waals surface area contributed by atoms with E-state index in [9.17, 15) is 4.79 Å². The highest BCUT2D eigenvalue weighted by Gasteiger charge is 2.05. The molecular formula is C22H26O2S. The zero-order chi connectivity index (χ0) is 17.9. The third-order valence-electron chi connectivity index (χ3n) is 4.09. The van der Waals surface area contributed by atoms with E-state index < -0.39 is 0 Å². The molecule has 0 bridgehead atoms. The lowest BCUT2D eigenvalue weighted by Crippen LogP contribution is -2.04. The van der Waals surface area contributed by atoms with Crippen molar-refractivity contribution in [1.82, 2.24) is 0 Å². The highest BCUT2D eigenvalue weighted by Crippen LogP contribution is 2.18. The van der Waals surface area contributed by atoms with Gasteiger partial charge in [-0.1, -0.05) is 43.3 Å². The van der Waals surface area contributed by atoms with Crippen molar-refractivity contribution >= 4 is 23.6 Å². The maximum Gasteiger partial charge on any atom is 0.185 e. The number of ether oxygens (including phenoxy) is 1. The second-order valence-electron chi connectivity index (χ2n) is 5.89. The lowest BCUT2D eigenvalue weighted by atomic mass is 10.1. The van der Waals surface area contributed by atoms with Crippen LogP contribution in [0.15, 0.2) is 60.7 Å². The average Bonchev–Trinajstić information content (AvgIpc) is 2.67. The molecule has 132 valence electrons. The molecule has 0 spiro atoms. The molecule has 0 aliphatic rings. The highest BCUT2D eigenvalue weighted by molar-refractivity contribution is 7.99. The molecule has 0 amide bonds. The first-order chi connectivity index (χ1) is 12.2. The Balaban J connectivity index is 1.81. The number of ketones is 1. The van der Waals surface area contributed by atoms with E-state index in [1.54, 1.807) is 6.08 Å². The van der Waals surface area contributed by atoms with Crippen LogP contribution in [0, 0.1) is 0 Å². The van der Waals surface area contributed by atoms with Gasteiger partial charge in [0.15, 0.2) is 5.78 Å². The molecule has 25 heavy (non-hydrogen) atoms. The first-order valence-electron chi connectivity index (χ1n) is 8.76. The highest BCUT2D eigenvalue weighted by atomic mass is 32.2. The maximum atomic E-state index is 12.2. The van der Waals surface area contributed by atoms with Gasteiger partial charge in [-0.3, -0.25) is 4.79 Å². The van der Waals surface area contributed by atoms with Crippen LogP contribution in [0.2, 0.25) is 0 Å². The number of hydrogen-bond donors (Lipinski definition) is 0. The van der Waals surface area contributed by atoms with Crippen molar-refractivity contribution in [3.05, 3.63) is 71.8 Å². The quantitative estimate of drug-likeness (QED) is 0.303. The summed E-state index contributed by atoms with van der Waals surface area (Å²) in [5.74, 6) is 0.821. The molecule has 1 atom stereocenters. The van der Waals surface area contributed by atoms with Gasteiger partial charge in [0.25, 0.3) is 0 Å². The summed E-state index contributed by atoms with van der Waals surface area (Å²) in [4.78, 5) is 12.2. The molecule has 2 aromatic rings. The summed E-state index contributed by atoms with van der Waals surface area (Å²) >= 11 is 1.92. The van der Waals surface area contributed by atoms with Crippen molar-refractivity contribution in [3.8, 4) is 5.75 Å². The Kier molecular flexibility index (Phi) is 8.33. The molecule has 0 saturated carbocycles. The molecule has 0 heterocycles. The number of carbonyl (C=O) groups is 1. The molecule has 0 aromatic heterocycles. The molecule has 2 nitrogen and oxygen atoms in total. The van der Waals surface area contributed by atoms with Crippen LogP contribution in [0.3, 0.4) is 0 Å². The molecule has 0 saturated heterocycles. The molecule has 3 heteroatoms. The Labute approximate surface area is 155 Å². The lowest BCUT2D eigenvalue weighted by molar-refractivity contribution is 0.104. The summed E-state index contributed by atoms with van der Waals surface area (Å²) in [5, 5.41) is 0.722. The number of carbonyl (C=O) groups excluding carboxylic acids is 1. The van der Waals surface area contributed by atoms with Crippen LogP contribution in [-0.4, -0.2) is 23.9 Å². The second-order valence-corrected chi connectivity index (χ2v) is 7.03. The van der Waals surface area contributed by atoms with E-state index in [2.05, 4.69) is 13.2 Å². The summed E-state index contributed by atoms with van der Waals surface area (Å²) in [6.45, 7) is 2.95. The third kappa shape index (κ3) is 6.79. The topological polar surface area (TPSA) is 26.3 Å². The van der Waals surface area contributed by atoms with Gasteiger partial charge in [0.1, 0.15) is 5.75 Å². The van der Waals surface area contributed by atoms with E-state index in [0.717, 1.165) is 29.6 Å². The number of thioether (sulfide) groups is 1. The van der Waals surface area contributed by atoms with E-state index in [1.165, 1.54) is 12.8 Å². The molecule has 0 aliphatic carbocycles. The Morgan fingerprint density at radius 1 is 1.12 bits per heavy atom. The van der Waals surface area contributed by atoms with Gasteiger partial charge in [-0.05, 0) is 61.4 Å². The zero-order valence-electron chi connectivity index (χ0n) is 15.0. The number of hydrogen-bond acceptors (Lipinski definition) is 3. The van der Waals surface area contributed by atoms with Crippen LogP contribution < -0.4 is 4.74 Å². The van der Waals surface area contributed by atoms with Gasteiger partial charge >= 0.3 is 0 Å². The van der Waals surface area contributed by atoms with Gasteiger partial charge in [0, 0.05) is 10.8 Å². The molecule has 0 aliphatic heterocycles. The van der Waals surface area contributed by atoms with Gasteiger partial charge < -0.3 is 4.74 Å². The van der Waals surface area contributed by atoms with E-state index in [0.29, 0.717) is 5.56 Å². The Morgan fingerprint density at radius 2 is 1.84 bits per heavy atom. The van der Waals surface area contributed by atoms with Crippen LogP contribution >= 0.6 is 11.8 Å². The SMILES string of the molecule is CCC(CCCOc1ccc(C(=O)C=Cc2ccccc2)cc1)SC. The fourth-order valence-electron chi connectivity index (χ4n) is 2.54. The van der Waals surface area contributed by atoms with Crippen LogP contribution in [0.1, 0.15) is 42.1 Å². The monoisotopic (exact) mass is 354 g/mol. The largest absolute Gasteiger partial charge is 0.494 e. The third-order valence-corrected chi connectivity index (χ3v) is 5.33. The van der Waals surface area contributed by atoms with E-state index in [4.69, 9.17) is 4.74 Å². The normalized spacial score (nSPS) is 12.2. The minimum atomic E-state index is 0.00108. The van der Waals surface area contributed by atoms with E-state index in [1.807, 2.05) is 72.4 Å². The molecule has 2 aromatic carbocycles. The smallest absolute Gasteiger partial charge is 0.185 e. The van der Waals surface area contributed by atoms with Crippen molar-refractivity contribution < 1.29 is 9.53 Å². The summed E-state index contributed by atoms with van der Waals surface area (Å²) in [6, 6.07) is 17.2. The van der Waals surface area contributed by atoms with Crippen molar-refractivity contribution in [1.29, 1.82) is 0 Å². The first kappa shape index (κ1) is 19.3. The van der Waals surface area contributed by atoms with E-state index >= 15 is 0 Å². The fourth-order valence-corrected chi connectivity index (χ4v) is 3.27. The van der Waals surface area contributed by atoms with Crippen molar-refractivity contribution in [3.63, 3.8) is 0 Å². The minimum Gasteiger partial charge on any atom is -0.494 e. The van der Waals surface area contributed by atoms with Gasteiger partial charge in [-0.25, -0.2) is 0 Å². The van der Waals surface area contributed by atoms with Gasteiger partial charge in [-0.2, -0.15) is 11.8 Å². The van der Waals surface area contributed by atoms with Crippen molar-refractivity contribution in [2.45, 2.75) is 31.4 Å². The maximum absolute atomic E-state index is 12.2. The average molecular weight is 355 g/mol. The predicted molar refractivity (Wildman–Crippen MR) is 109 cm³/mol. The van der Waals surface area contributed by atoms with Crippen LogP contribution in [-0.2, 0) is 0 Å². The summed E-state index contributed by atoms with van der Waals surface area (Å²) in [6.07, 6.45) is 9.05. The molecule has 0 fully saturated rings. The number of allylic oxidation sites excluding steroid dienone is 1. The molecular weight excluding hydrogens is 328 g/mol. The number of rotatable bonds is 10. The van der Waals surface area contributed by atoms with Crippen LogP contribution in [0.4, 0.5) is 0 Å². The Bertz CT molecular complexity index is 658. The van der Waals surface area contributed by atoms with E-state index in [-0.39, 0.29) is 5.78 Å². The Morgan fingerprint density at radius 3 is 2.48 bits per heavy atom. The van der Waals surface area contributed by atoms with Gasteiger partial charge in [0.05, 0.1) is 6.61 Å². The second kappa shape index (κ2) is 10.8. The Hall–Kier alpha value is -2.00. The zero-order valence-corrected chi connectivity index (χ0v) is 15.8. The molecule has 0 N–H and O–H groups in total. The van der Waals surface area contributed by atoms with Crippen molar-refractivity contribution in [2.24, 2.45) is 0 Å². The standard InChI is InChI=1S/C22H26O2S/c1-3-21(25-2)10-7-17-24-20-14-12-19(13-15-20)22(23)16-11-18-8-5-4-6-9-18/h4-6,8-9,11-16,21H,3,7,10,17H2,1-2H3. The molecule has 0 radical (unpaired) electrons. The molecule has 1 unspecified atom stereocenters. The minimum absolute atomic E-state index is 0.00108. The summed E-state index contributed by atoms with van der Waals surface area (Å²) < 4.78 is 5.77. The summed E-state index contributed by atoms with van der Waals surface area (Å²) in [7, 11) is 0. The number of benzene rings is 2.